The monoisotopic (exact) mass is 354 g/mol. The number of carbonyl (C=O) groups is 2. The van der Waals surface area contributed by atoms with Crippen LogP contribution >= 0.6 is 34.3 Å². The van der Waals surface area contributed by atoms with Crippen LogP contribution in [-0.2, 0) is 12.8 Å². The molecule has 0 bridgehead atoms. The average Bonchev–Trinajstić information content (AvgIpc) is 3.10. The molecule has 2 heterocycles. The van der Waals surface area contributed by atoms with E-state index >= 15 is 0 Å². The van der Waals surface area contributed by atoms with E-state index < -0.39 is 0 Å². The summed E-state index contributed by atoms with van der Waals surface area (Å²) in [5.41, 5.74) is 6.15. The molecule has 3 rings (SSSR count). The number of rotatable bonds is 2. The maximum Gasteiger partial charge on any atom is 0.279 e. The number of thiophene rings is 2. The molecule has 116 valence electrons. The first-order chi connectivity index (χ1) is 10.5. The normalized spacial score (nSPS) is 16.9. The zero-order chi connectivity index (χ0) is 15.7. The van der Waals surface area contributed by atoms with Crippen LogP contribution in [0.25, 0.3) is 0 Å². The maximum atomic E-state index is 12.1. The molecule has 2 amide bonds. The first kappa shape index (κ1) is 15.5. The van der Waals surface area contributed by atoms with Gasteiger partial charge in [-0.15, -0.1) is 22.7 Å². The molecule has 0 radical (unpaired) electrons. The van der Waals surface area contributed by atoms with Gasteiger partial charge < -0.3 is 0 Å². The Labute approximate surface area is 141 Å². The Balaban J connectivity index is 1.62. The van der Waals surface area contributed by atoms with E-state index in [4.69, 9.17) is 11.6 Å². The van der Waals surface area contributed by atoms with Crippen LogP contribution in [0.3, 0.4) is 0 Å². The Hall–Kier alpha value is -1.37. The SMILES string of the molecule is C[C@@H]1CCc2sc(C(=O)NNC(=O)c3ccc(Cl)s3)cc2C1. The summed E-state index contributed by atoms with van der Waals surface area (Å²) < 4.78 is 0.538. The minimum atomic E-state index is -0.361. The van der Waals surface area contributed by atoms with E-state index in [2.05, 4.69) is 17.8 Å². The summed E-state index contributed by atoms with van der Waals surface area (Å²) in [6, 6.07) is 5.22. The highest BCUT2D eigenvalue weighted by molar-refractivity contribution is 7.18. The van der Waals surface area contributed by atoms with E-state index in [-0.39, 0.29) is 11.8 Å². The average molecular weight is 355 g/mol. The van der Waals surface area contributed by atoms with E-state index in [1.165, 1.54) is 39.5 Å². The van der Waals surface area contributed by atoms with Crippen molar-refractivity contribution in [2.45, 2.75) is 26.2 Å². The van der Waals surface area contributed by atoms with Crippen LogP contribution in [0.15, 0.2) is 18.2 Å². The molecule has 22 heavy (non-hydrogen) atoms. The second-order valence-electron chi connectivity index (χ2n) is 5.42. The number of hydrogen-bond donors (Lipinski definition) is 2. The van der Waals surface area contributed by atoms with Gasteiger partial charge in [0.1, 0.15) is 0 Å². The first-order valence-electron chi connectivity index (χ1n) is 7.00. The van der Waals surface area contributed by atoms with Crippen molar-refractivity contribution in [3.8, 4) is 0 Å². The summed E-state index contributed by atoms with van der Waals surface area (Å²) in [7, 11) is 0. The highest BCUT2D eigenvalue weighted by Gasteiger charge is 2.21. The summed E-state index contributed by atoms with van der Waals surface area (Å²) in [4.78, 5) is 26.4. The Kier molecular flexibility index (Phi) is 4.52. The lowest BCUT2D eigenvalue weighted by atomic mass is 9.90. The quantitative estimate of drug-likeness (QED) is 0.808. The molecular formula is C15H15ClN2O2S2. The van der Waals surface area contributed by atoms with E-state index in [0.29, 0.717) is 20.0 Å². The second-order valence-corrected chi connectivity index (χ2v) is 8.27. The van der Waals surface area contributed by atoms with Gasteiger partial charge in [0.2, 0.25) is 0 Å². The van der Waals surface area contributed by atoms with Crippen LogP contribution in [0.2, 0.25) is 4.34 Å². The predicted molar refractivity (Wildman–Crippen MR) is 89.8 cm³/mol. The molecular weight excluding hydrogens is 340 g/mol. The molecule has 0 unspecified atom stereocenters. The largest absolute Gasteiger partial charge is 0.279 e. The Morgan fingerprint density at radius 1 is 1.18 bits per heavy atom. The lowest BCUT2D eigenvalue weighted by Crippen LogP contribution is -2.41. The van der Waals surface area contributed by atoms with Crippen molar-refractivity contribution < 1.29 is 9.59 Å². The van der Waals surface area contributed by atoms with Crippen LogP contribution in [0.1, 0.15) is 43.1 Å². The van der Waals surface area contributed by atoms with Gasteiger partial charge in [-0.05, 0) is 48.9 Å². The third-order valence-electron chi connectivity index (χ3n) is 3.64. The van der Waals surface area contributed by atoms with Crippen LogP contribution in [0.4, 0.5) is 0 Å². The Morgan fingerprint density at radius 2 is 1.91 bits per heavy atom. The van der Waals surface area contributed by atoms with Gasteiger partial charge in [0.25, 0.3) is 11.8 Å². The molecule has 1 atom stereocenters. The standard InChI is InChI=1S/C15H15ClN2O2S2/c1-8-2-3-10-9(6-8)7-12(21-10)15(20)18-17-14(19)11-4-5-13(16)22-11/h4-5,7-8H,2-3,6H2,1H3,(H,17,19)(H,18,20)/t8-/m1/s1. The molecule has 1 aliphatic carbocycles. The van der Waals surface area contributed by atoms with Crippen molar-refractivity contribution in [1.82, 2.24) is 10.9 Å². The number of aryl methyl sites for hydroxylation is 1. The third kappa shape index (κ3) is 3.34. The van der Waals surface area contributed by atoms with Crippen LogP contribution < -0.4 is 10.9 Å². The zero-order valence-corrected chi connectivity index (χ0v) is 14.3. The molecule has 2 N–H and O–H groups in total. The van der Waals surface area contributed by atoms with E-state index in [1.54, 1.807) is 12.1 Å². The van der Waals surface area contributed by atoms with Crippen molar-refractivity contribution >= 4 is 46.1 Å². The van der Waals surface area contributed by atoms with Gasteiger partial charge in [0, 0.05) is 4.88 Å². The highest BCUT2D eigenvalue weighted by atomic mass is 35.5. The van der Waals surface area contributed by atoms with Crippen molar-refractivity contribution in [2.24, 2.45) is 5.92 Å². The number of hydrazine groups is 1. The minimum absolute atomic E-state index is 0.275. The lowest BCUT2D eigenvalue weighted by Gasteiger charge is -2.16. The number of nitrogens with one attached hydrogen (secondary N) is 2. The van der Waals surface area contributed by atoms with Crippen molar-refractivity contribution in [3.05, 3.63) is 42.7 Å². The topological polar surface area (TPSA) is 58.2 Å². The van der Waals surface area contributed by atoms with Gasteiger partial charge in [0.05, 0.1) is 14.1 Å². The van der Waals surface area contributed by atoms with Gasteiger partial charge in [-0.3, -0.25) is 20.4 Å². The fraction of sp³-hybridized carbons (Fsp3) is 0.333. The first-order valence-corrected chi connectivity index (χ1v) is 9.01. The molecule has 7 heteroatoms. The van der Waals surface area contributed by atoms with Crippen molar-refractivity contribution in [3.63, 3.8) is 0 Å². The van der Waals surface area contributed by atoms with Gasteiger partial charge in [-0.1, -0.05) is 18.5 Å². The van der Waals surface area contributed by atoms with E-state index in [0.717, 1.165) is 12.8 Å². The van der Waals surface area contributed by atoms with Gasteiger partial charge in [-0.25, -0.2) is 0 Å². The van der Waals surface area contributed by atoms with Gasteiger partial charge in [0.15, 0.2) is 0 Å². The molecule has 2 aromatic heterocycles. The molecule has 2 aromatic rings. The highest BCUT2D eigenvalue weighted by Crippen LogP contribution is 2.32. The molecule has 0 spiro atoms. The molecule has 1 aliphatic rings. The number of carbonyl (C=O) groups excluding carboxylic acids is 2. The smallest absolute Gasteiger partial charge is 0.266 e. The van der Waals surface area contributed by atoms with E-state index in [9.17, 15) is 9.59 Å². The fourth-order valence-corrected chi connectivity index (χ4v) is 4.53. The zero-order valence-electron chi connectivity index (χ0n) is 11.9. The minimum Gasteiger partial charge on any atom is -0.266 e. The summed E-state index contributed by atoms with van der Waals surface area (Å²) >= 11 is 8.47. The molecule has 0 fully saturated rings. The van der Waals surface area contributed by atoms with Gasteiger partial charge >= 0.3 is 0 Å². The van der Waals surface area contributed by atoms with Crippen molar-refractivity contribution in [1.29, 1.82) is 0 Å². The van der Waals surface area contributed by atoms with Crippen LogP contribution in [-0.4, -0.2) is 11.8 Å². The maximum absolute atomic E-state index is 12.1. The predicted octanol–water partition coefficient (Wildman–Crippen LogP) is 3.66. The fourth-order valence-electron chi connectivity index (χ4n) is 2.49. The number of halogens is 1. The number of fused-ring (bicyclic) bond motifs is 1. The summed E-state index contributed by atoms with van der Waals surface area (Å²) in [6.45, 7) is 2.23. The van der Waals surface area contributed by atoms with Crippen molar-refractivity contribution in [2.75, 3.05) is 0 Å². The third-order valence-corrected chi connectivity index (χ3v) is 6.11. The van der Waals surface area contributed by atoms with E-state index in [1.807, 2.05) is 6.07 Å². The molecule has 0 saturated heterocycles. The Morgan fingerprint density at radius 3 is 2.59 bits per heavy atom. The number of hydrogen-bond acceptors (Lipinski definition) is 4. The van der Waals surface area contributed by atoms with Crippen LogP contribution in [0, 0.1) is 5.92 Å². The molecule has 0 aromatic carbocycles. The summed E-state index contributed by atoms with van der Waals surface area (Å²) in [6.07, 6.45) is 3.23. The summed E-state index contributed by atoms with van der Waals surface area (Å²) in [5.74, 6) is 0.0320. The molecule has 4 nitrogen and oxygen atoms in total. The van der Waals surface area contributed by atoms with Gasteiger partial charge in [-0.2, -0.15) is 0 Å². The van der Waals surface area contributed by atoms with Crippen LogP contribution in [0.5, 0.6) is 0 Å². The summed E-state index contributed by atoms with van der Waals surface area (Å²) in [5, 5.41) is 0. The molecule has 0 aliphatic heterocycles. The number of amides is 2. The lowest BCUT2D eigenvalue weighted by molar-refractivity contribution is 0.0851. The Bertz CT molecular complexity index is 723. The second kappa shape index (κ2) is 6.40. The molecule has 0 saturated carbocycles.